The summed E-state index contributed by atoms with van der Waals surface area (Å²) in [6, 6.07) is 0. The van der Waals surface area contributed by atoms with Gasteiger partial charge in [0.1, 0.15) is 18.2 Å². The van der Waals surface area contributed by atoms with Gasteiger partial charge in [-0.05, 0) is 12.8 Å². The molecule has 0 aromatic rings. The Morgan fingerprint density at radius 3 is 2.48 bits per heavy atom. The highest BCUT2D eigenvalue weighted by Gasteiger charge is 2.47. The van der Waals surface area contributed by atoms with Crippen molar-refractivity contribution in [3.8, 4) is 0 Å². The van der Waals surface area contributed by atoms with Crippen LogP contribution in [0.1, 0.15) is 32.1 Å². The first-order valence-electron chi connectivity index (χ1n) is 9.02. The van der Waals surface area contributed by atoms with Gasteiger partial charge in [0, 0.05) is 44.3 Å². The first kappa shape index (κ1) is 18.5. The van der Waals surface area contributed by atoms with Gasteiger partial charge in [-0.25, -0.2) is 8.42 Å². The van der Waals surface area contributed by atoms with Crippen LogP contribution in [0.2, 0.25) is 0 Å². The number of ketones is 2. The van der Waals surface area contributed by atoms with E-state index in [1.54, 1.807) is 0 Å². The SMILES string of the molecule is O=C1CCC(=O)C2C1CCCC2C(=O)OCCN1CCS(=O)(=O)CC1. The van der Waals surface area contributed by atoms with Gasteiger partial charge >= 0.3 is 5.97 Å². The van der Waals surface area contributed by atoms with Crippen molar-refractivity contribution in [1.82, 2.24) is 4.90 Å². The number of nitrogens with zero attached hydrogens (tertiary/aromatic N) is 1. The van der Waals surface area contributed by atoms with Crippen molar-refractivity contribution >= 4 is 27.4 Å². The largest absolute Gasteiger partial charge is 0.464 e. The average Bonchev–Trinajstić information content (AvgIpc) is 2.59. The molecule has 140 valence electrons. The zero-order chi connectivity index (χ0) is 18.0. The van der Waals surface area contributed by atoms with Gasteiger partial charge in [0.2, 0.25) is 0 Å². The van der Waals surface area contributed by atoms with Crippen LogP contribution in [-0.4, -0.2) is 68.6 Å². The second kappa shape index (κ2) is 7.53. The highest BCUT2D eigenvalue weighted by Crippen LogP contribution is 2.41. The standard InChI is InChI=1S/C17H25NO6S/c19-14-4-5-15(20)16-12(14)2-1-3-13(16)17(21)24-9-6-18-7-10-25(22,23)11-8-18/h12-13,16H,1-11H2. The van der Waals surface area contributed by atoms with Gasteiger partial charge in [-0.1, -0.05) is 6.42 Å². The zero-order valence-corrected chi connectivity index (χ0v) is 15.1. The summed E-state index contributed by atoms with van der Waals surface area (Å²) in [6.07, 6.45) is 2.61. The number of carbonyl (C=O) groups excluding carboxylic acids is 3. The van der Waals surface area contributed by atoms with Crippen molar-refractivity contribution in [2.75, 3.05) is 37.7 Å². The van der Waals surface area contributed by atoms with E-state index in [1.807, 2.05) is 4.90 Å². The van der Waals surface area contributed by atoms with Crippen LogP contribution in [0.4, 0.5) is 0 Å². The van der Waals surface area contributed by atoms with E-state index >= 15 is 0 Å². The molecule has 3 fully saturated rings. The van der Waals surface area contributed by atoms with E-state index in [0.29, 0.717) is 38.9 Å². The summed E-state index contributed by atoms with van der Waals surface area (Å²) in [5.74, 6) is -1.28. The number of hydrogen-bond donors (Lipinski definition) is 0. The van der Waals surface area contributed by atoms with Crippen LogP contribution in [0.3, 0.4) is 0 Å². The van der Waals surface area contributed by atoms with Crippen LogP contribution in [0.5, 0.6) is 0 Å². The predicted molar refractivity (Wildman–Crippen MR) is 89.6 cm³/mol. The summed E-state index contributed by atoms with van der Waals surface area (Å²) in [5.41, 5.74) is 0. The third-order valence-electron chi connectivity index (χ3n) is 5.69. The molecule has 1 heterocycles. The molecule has 1 aliphatic heterocycles. The fourth-order valence-electron chi connectivity index (χ4n) is 4.23. The Morgan fingerprint density at radius 2 is 1.76 bits per heavy atom. The zero-order valence-electron chi connectivity index (χ0n) is 14.3. The molecule has 3 aliphatic rings. The van der Waals surface area contributed by atoms with Crippen LogP contribution in [0.15, 0.2) is 0 Å². The first-order valence-corrected chi connectivity index (χ1v) is 10.8. The molecule has 25 heavy (non-hydrogen) atoms. The lowest BCUT2D eigenvalue weighted by molar-refractivity contribution is -0.159. The van der Waals surface area contributed by atoms with E-state index in [1.165, 1.54) is 0 Å². The summed E-state index contributed by atoms with van der Waals surface area (Å²) >= 11 is 0. The number of esters is 1. The van der Waals surface area contributed by atoms with Crippen molar-refractivity contribution in [1.29, 1.82) is 0 Å². The molecular weight excluding hydrogens is 346 g/mol. The molecule has 2 aliphatic carbocycles. The Labute approximate surface area is 148 Å². The molecule has 0 amide bonds. The van der Waals surface area contributed by atoms with Gasteiger partial charge in [-0.15, -0.1) is 0 Å². The van der Waals surface area contributed by atoms with E-state index in [-0.39, 0.29) is 48.0 Å². The maximum atomic E-state index is 12.4. The van der Waals surface area contributed by atoms with E-state index in [9.17, 15) is 22.8 Å². The fourth-order valence-corrected chi connectivity index (χ4v) is 5.50. The Bertz CT molecular complexity index is 644. The summed E-state index contributed by atoms with van der Waals surface area (Å²) in [6.45, 7) is 1.60. The molecule has 3 unspecified atom stereocenters. The lowest BCUT2D eigenvalue weighted by Gasteiger charge is -2.37. The molecule has 0 aromatic carbocycles. The maximum absolute atomic E-state index is 12.4. The number of hydrogen-bond acceptors (Lipinski definition) is 7. The monoisotopic (exact) mass is 371 g/mol. The van der Waals surface area contributed by atoms with Crippen LogP contribution in [0.25, 0.3) is 0 Å². The summed E-state index contributed by atoms with van der Waals surface area (Å²) in [5, 5.41) is 0. The van der Waals surface area contributed by atoms with Crippen molar-refractivity contribution < 1.29 is 27.5 Å². The average molecular weight is 371 g/mol. The summed E-state index contributed by atoms with van der Waals surface area (Å²) in [4.78, 5) is 38.7. The smallest absolute Gasteiger partial charge is 0.309 e. The van der Waals surface area contributed by atoms with Crippen molar-refractivity contribution in [3.05, 3.63) is 0 Å². The highest BCUT2D eigenvalue weighted by atomic mass is 32.2. The summed E-state index contributed by atoms with van der Waals surface area (Å²) < 4.78 is 28.2. The molecule has 0 N–H and O–H groups in total. The van der Waals surface area contributed by atoms with Gasteiger partial charge in [0.15, 0.2) is 9.84 Å². The third kappa shape index (κ3) is 4.28. The number of sulfone groups is 1. The lowest BCUT2D eigenvalue weighted by atomic mass is 9.64. The predicted octanol–water partition coefficient (Wildman–Crippen LogP) is 0.225. The topological polar surface area (TPSA) is 97.8 Å². The molecule has 3 rings (SSSR count). The minimum absolute atomic E-state index is 0.0208. The number of carbonyl (C=O) groups is 3. The molecule has 3 atom stereocenters. The van der Waals surface area contributed by atoms with Crippen molar-refractivity contribution in [3.63, 3.8) is 0 Å². The molecule has 0 bridgehead atoms. The van der Waals surface area contributed by atoms with Gasteiger partial charge in [-0.2, -0.15) is 0 Å². The van der Waals surface area contributed by atoms with E-state index in [0.717, 1.165) is 6.42 Å². The molecular formula is C17H25NO6S. The van der Waals surface area contributed by atoms with Crippen LogP contribution < -0.4 is 0 Å². The Morgan fingerprint density at radius 1 is 1.08 bits per heavy atom. The second-order valence-electron chi connectivity index (χ2n) is 7.26. The van der Waals surface area contributed by atoms with Crippen LogP contribution in [-0.2, 0) is 29.0 Å². The second-order valence-corrected chi connectivity index (χ2v) is 9.57. The Balaban J connectivity index is 1.50. The molecule has 0 spiro atoms. The van der Waals surface area contributed by atoms with E-state index in [2.05, 4.69) is 0 Å². The van der Waals surface area contributed by atoms with Crippen LogP contribution >= 0.6 is 0 Å². The number of rotatable bonds is 4. The lowest BCUT2D eigenvalue weighted by Crippen LogP contribution is -2.46. The van der Waals surface area contributed by atoms with Crippen LogP contribution in [0, 0.1) is 17.8 Å². The number of fused-ring (bicyclic) bond motifs is 1. The molecule has 0 aromatic heterocycles. The Hall–Kier alpha value is -1.28. The number of Topliss-reactive ketones (excluding diaryl/α,β-unsaturated/α-hetero) is 2. The first-order chi connectivity index (χ1) is 11.9. The Kier molecular flexibility index (Phi) is 5.58. The molecule has 7 nitrogen and oxygen atoms in total. The van der Waals surface area contributed by atoms with E-state index in [4.69, 9.17) is 4.74 Å². The van der Waals surface area contributed by atoms with Gasteiger partial charge in [0.25, 0.3) is 0 Å². The van der Waals surface area contributed by atoms with Gasteiger partial charge < -0.3 is 4.74 Å². The normalized spacial score (nSPS) is 32.9. The highest BCUT2D eigenvalue weighted by molar-refractivity contribution is 7.91. The van der Waals surface area contributed by atoms with E-state index < -0.39 is 21.7 Å². The maximum Gasteiger partial charge on any atom is 0.309 e. The quantitative estimate of drug-likeness (QED) is 0.652. The molecule has 0 radical (unpaired) electrons. The minimum Gasteiger partial charge on any atom is -0.464 e. The van der Waals surface area contributed by atoms with Crippen molar-refractivity contribution in [2.45, 2.75) is 32.1 Å². The van der Waals surface area contributed by atoms with Gasteiger partial charge in [0.05, 0.1) is 17.4 Å². The fraction of sp³-hybridized carbons (Fsp3) is 0.824. The summed E-state index contributed by atoms with van der Waals surface area (Å²) in [7, 11) is -2.92. The molecule has 8 heteroatoms. The van der Waals surface area contributed by atoms with Gasteiger partial charge in [-0.3, -0.25) is 19.3 Å². The third-order valence-corrected chi connectivity index (χ3v) is 7.30. The minimum atomic E-state index is -2.92. The van der Waals surface area contributed by atoms with Crippen molar-refractivity contribution in [2.24, 2.45) is 17.8 Å². The number of ether oxygens (including phenoxy) is 1. The molecule has 1 saturated heterocycles. The molecule has 2 saturated carbocycles.